The molecule has 1 aromatic carbocycles. The summed E-state index contributed by atoms with van der Waals surface area (Å²) in [5.41, 5.74) is 0.190. The topological polar surface area (TPSA) is 58.2 Å². The Bertz CT molecular complexity index is 732. The Kier molecular flexibility index (Phi) is 5.37. The number of benzene rings is 1. The van der Waals surface area contributed by atoms with Crippen LogP contribution in [0, 0.1) is 5.82 Å². The van der Waals surface area contributed by atoms with Crippen LogP contribution in [0.2, 0.25) is 0 Å². The number of hydrogen-bond donors (Lipinski definition) is 2. The first-order valence-electron chi connectivity index (χ1n) is 6.18. The zero-order valence-corrected chi connectivity index (χ0v) is 14.4. The third kappa shape index (κ3) is 4.26. The van der Waals surface area contributed by atoms with E-state index in [4.69, 9.17) is 0 Å². The van der Waals surface area contributed by atoms with E-state index in [9.17, 15) is 12.8 Å². The van der Waals surface area contributed by atoms with Gasteiger partial charge in [-0.3, -0.25) is 4.72 Å². The average molecular weight is 393 g/mol. The van der Waals surface area contributed by atoms with Gasteiger partial charge in [0.2, 0.25) is 0 Å². The lowest BCUT2D eigenvalue weighted by Gasteiger charge is -2.07. The molecule has 0 saturated carbocycles. The van der Waals surface area contributed by atoms with E-state index in [1.807, 2.05) is 6.92 Å². The molecule has 0 radical (unpaired) electrons. The Balaban J connectivity index is 2.17. The van der Waals surface area contributed by atoms with Gasteiger partial charge in [-0.05, 0) is 46.7 Å². The third-order valence-corrected chi connectivity index (χ3v) is 5.75. The van der Waals surface area contributed by atoms with Crippen molar-refractivity contribution in [1.29, 1.82) is 0 Å². The Labute approximate surface area is 135 Å². The molecule has 0 aliphatic carbocycles. The molecule has 0 unspecified atom stereocenters. The van der Waals surface area contributed by atoms with Crippen LogP contribution < -0.4 is 10.0 Å². The average Bonchev–Trinajstić information content (AvgIpc) is 2.90. The van der Waals surface area contributed by atoms with E-state index in [0.29, 0.717) is 6.54 Å². The van der Waals surface area contributed by atoms with Crippen LogP contribution in [0.5, 0.6) is 0 Å². The summed E-state index contributed by atoms with van der Waals surface area (Å²) in [7, 11) is -3.70. The van der Waals surface area contributed by atoms with Crippen molar-refractivity contribution in [3.05, 3.63) is 44.8 Å². The Morgan fingerprint density at radius 3 is 2.76 bits per heavy atom. The maximum Gasteiger partial charge on any atom is 0.262 e. The van der Waals surface area contributed by atoms with E-state index >= 15 is 0 Å². The van der Waals surface area contributed by atoms with E-state index in [0.717, 1.165) is 17.5 Å². The molecule has 2 aromatic rings. The van der Waals surface area contributed by atoms with Gasteiger partial charge in [0.15, 0.2) is 0 Å². The molecule has 1 aromatic heterocycles. The van der Waals surface area contributed by atoms with Gasteiger partial charge in [0.25, 0.3) is 10.0 Å². The number of sulfonamides is 1. The molecule has 4 nitrogen and oxygen atoms in total. The predicted octanol–water partition coefficient (Wildman–Crippen LogP) is 3.56. The monoisotopic (exact) mass is 392 g/mol. The van der Waals surface area contributed by atoms with Gasteiger partial charge in [-0.2, -0.15) is 0 Å². The third-order valence-electron chi connectivity index (χ3n) is 2.66. The quantitative estimate of drug-likeness (QED) is 0.789. The SMILES string of the molecule is CCNCc1cc(S(=O)(=O)Nc2ccc(Br)c(F)c2)cs1. The van der Waals surface area contributed by atoms with Gasteiger partial charge in [0.05, 0.1) is 15.1 Å². The second-order valence-electron chi connectivity index (χ2n) is 4.26. The molecular weight excluding hydrogens is 379 g/mol. The minimum atomic E-state index is -3.70. The smallest absolute Gasteiger partial charge is 0.262 e. The van der Waals surface area contributed by atoms with Crippen LogP contribution in [0.1, 0.15) is 11.8 Å². The highest BCUT2D eigenvalue weighted by molar-refractivity contribution is 9.10. The van der Waals surface area contributed by atoms with Crippen molar-refractivity contribution in [2.75, 3.05) is 11.3 Å². The standard InChI is InChI=1S/C13H14BrFN2O2S2/c1-2-16-7-10-6-11(8-20-10)21(18,19)17-9-3-4-12(14)13(15)5-9/h3-6,8,16-17H,2,7H2,1H3. The number of halogens is 2. The summed E-state index contributed by atoms with van der Waals surface area (Å²) in [6.45, 7) is 3.43. The first-order chi connectivity index (χ1) is 9.92. The van der Waals surface area contributed by atoms with Crippen LogP contribution in [0.25, 0.3) is 0 Å². The van der Waals surface area contributed by atoms with Crippen molar-refractivity contribution in [2.24, 2.45) is 0 Å². The van der Waals surface area contributed by atoms with Crippen LogP contribution in [0.15, 0.2) is 39.0 Å². The molecule has 8 heteroatoms. The predicted molar refractivity (Wildman–Crippen MR) is 86.6 cm³/mol. The Morgan fingerprint density at radius 1 is 1.33 bits per heavy atom. The molecule has 0 atom stereocenters. The summed E-state index contributed by atoms with van der Waals surface area (Å²) in [6.07, 6.45) is 0. The van der Waals surface area contributed by atoms with Gasteiger partial charge >= 0.3 is 0 Å². The van der Waals surface area contributed by atoms with E-state index in [1.54, 1.807) is 11.4 Å². The number of hydrogen-bond acceptors (Lipinski definition) is 4. The van der Waals surface area contributed by atoms with Crippen LogP contribution in [-0.4, -0.2) is 15.0 Å². The van der Waals surface area contributed by atoms with Gasteiger partial charge in [0, 0.05) is 16.8 Å². The first kappa shape index (κ1) is 16.4. The highest BCUT2D eigenvalue weighted by Crippen LogP contribution is 2.24. The summed E-state index contributed by atoms with van der Waals surface area (Å²) in [6, 6.07) is 5.70. The molecule has 2 rings (SSSR count). The molecule has 0 saturated heterocycles. The fourth-order valence-electron chi connectivity index (χ4n) is 1.62. The molecular formula is C13H14BrFN2O2S2. The molecule has 2 N–H and O–H groups in total. The van der Waals surface area contributed by atoms with E-state index in [-0.39, 0.29) is 15.1 Å². The van der Waals surface area contributed by atoms with Gasteiger partial charge in [0.1, 0.15) is 5.82 Å². The number of rotatable bonds is 6. The van der Waals surface area contributed by atoms with E-state index in [1.165, 1.54) is 23.5 Å². The highest BCUT2D eigenvalue weighted by Gasteiger charge is 2.17. The van der Waals surface area contributed by atoms with Crippen molar-refractivity contribution in [1.82, 2.24) is 5.32 Å². The van der Waals surface area contributed by atoms with Gasteiger partial charge in [-0.25, -0.2) is 12.8 Å². The van der Waals surface area contributed by atoms with Crippen LogP contribution in [-0.2, 0) is 16.6 Å². The van der Waals surface area contributed by atoms with Gasteiger partial charge in [-0.1, -0.05) is 6.92 Å². The lowest BCUT2D eigenvalue weighted by molar-refractivity contribution is 0.601. The van der Waals surface area contributed by atoms with Crippen LogP contribution in [0.3, 0.4) is 0 Å². The van der Waals surface area contributed by atoms with Gasteiger partial charge in [-0.15, -0.1) is 11.3 Å². The van der Waals surface area contributed by atoms with Crippen LogP contribution in [0.4, 0.5) is 10.1 Å². The molecule has 0 spiro atoms. The normalized spacial score (nSPS) is 11.6. The lowest BCUT2D eigenvalue weighted by atomic mass is 10.3. The molecule has 1 heterocycles. The minimum absolute atomic E-state index is 0.184. The molecule has 0 bridgehead atoms. The fraction of sp³-hybridized carbons (Fsp3) is 0.231. The number of anilines is 1. The minimum Gasteiger partial charge on any atom is -0.312 e. The molecule has 0 aliphatic heterocycles. The van der Waals surface area contributed by atoms with Crippen molar-refractivity contribution in [3.63, 3.8) is 0 Å². The molecule has 0 aliphatic rings. The number of thiophene rings is 1. The second-order valence-corrected chi connectivity index (χ2v) is 7.80. The lowest BCUT2D eigenvalue weighted by Crippen LogP contribution is -2.13. The maximum atomic E-state index is 13.4. The first-order valence-corrected chi connectivity index (χ1v) is 9.34. The summed E-state index contributed by atoms with van der Waals surface area (Å²) in [5, 5.41) is 4.71. The summed E-state index contributed by atoms with van der Waals surface area (Å²) in [4.78, 5) is 1.11. The highest BCUT2D eigenvalue weighted by atomic mass is 79.9. The summed E-state index contributed by atoms with van der Waals surface area (Å²) in [5.74, 6) is -0.520. The molecule has 114 valence electrons. The molecule has 0 fully saturated rings. The largest absolute Gasteiger partial charge is 0.312 e. The fourth-order valence-corrected chi connectivity index (χ4v) is 4.16. The maximum absolute atomic E-state index is 13.4. The summed E-state index contributed by atoms with van der Waals surface area (Å²) >= 11 is 4.39. The van der Waals surface area contributed by atoms with Crippen LogP contribution >= 0.6 is 27.3 Å². The zero-order chi connectivity index (χ0) is 15.5. The Morgan fingerprint density at radius 2 is 2.10 bits per heavy atom. The van der Waals surface area contributed by atoms with Crippen molar-refractivity contribution in [2.45, 2.75) is 18.4 Å². The molecule has 0 amide bonds. The van der Waals surface area contributed by atoms with Crippen molar-refractivity contribution >= 4 is 43.0 Å². The summed E-state index contributed by atoms with van der Waals surface area (Å²) < 4.78 is 40.5. The Hall–Kier alpha value is -0.960. The molecule has 21 heavy (non-hydrogen) atoms. The van der Waals surface area contributed by atoms with E-state index in [2.05, 4.69) is 26.0 Å². The zero-order valence-electron chi connectivity index (χ0n) is 11.2. The van der Waals surface area contributed by atoms with Crippen molar-refractivity contribution < 1.29 is 12.8 Å². The second kappa shape index (κ2) is 6.87. The number of nitrogens with one attached hydrogen (secondary N) is 2. The van der Waals surface area contributed by atoms with Gasteiger partial charge < -0.3 is 5.32 Å². The van der Waals surface area contributed by atoms with Crippen molar-refractivity contribution in [3.8, 4) is 0 Å². The van der Waals surface area contributed by atoms with E-state index < -0.39 is 15.8 Å².